The molecule has 0 aliphatic carbocycles. The molecule has 11 heavy (non-hydrogen) atoms. The maximum Gasteiger partial charge on any atom is 0.303 e. The van der Waals surface area contributed by atoms with E-state index >= 15 is 0 Å². The summed E-state index contributed by atoms with van der Waals surface area (Å²) in [4.78, 5) is 10.3. The molecule has 0 aromatic heterocycles. The average Bonchev–Trinajstić information content (AvgIpc) is 1.97. The lowest BCUT2D eigenvalue weighted by Gasteiger charge is -2.04. The molecule has 0 rings (SSSR count). The summed E-state index contributed by atoms with van der Waals surface area (Å²) in [7, 11) is 0. The third-order valence-corrected chi connectivity index (χ3v) is 1.61. The molecule has 1 atom stereocenters. The average molecular weight is 156 g/mol. The zero-order chi connectivity index (χ0) is 8.69. The van der Waals surface area contributed by atoms with Crippen LogP contribution in [0.3, 0.4) is 0 Å². The van der Waals surface area contributed by atoms with E-state index in [0.29, 0.717) is 0 Å². The van der Waals surface area contributed by atoms with Crippen LogP contribution in [-0.2, 0) is 4.79 Å². The Bertz CT molecular complexity index is 138. The molecular formula is C9H16O2. The highest BCUT2D eigenvalue weighted by Gasteiger charge is 2.06. The van der Waals surface area contributed by atoms with Crippen LogP contribution in [0.25, 0.3) is 0 Å². The second-order valence-corrected chi connectivity index (χ2v) is 2.60. The number of allylic oxidation sites excluding steroid dienone is 2. The van der Waals surface area contributed by atoms with E-state index < -0.39 is 5.97 Å². The first-order valence-corrected chi connectivity index (χ1v) is 4.09. The van der Waals surface area contributed by atoms with Gasteiger partial charge in [0.05, 0.1) is 6.42 Å². The van der Waals surface area contributed by atoms with Gasteiger partial charge < -0.3 is 5.11 Å². The molecule has 64 valence electrons. The molecule has 0 fully saturated rings. The highest BCUT2D eigenvalue weighted by Crippen LogP contribution is 2.09. The third kappa shape index (κ3) is 5.64. The van der Waals surface area contributed by atoms with Gasteiger partial charge in [0, 0.05) is 0 Å². The summed E-state index contributed by atoms with van der Waals surface area (Å²) in [5, 5.41) is 8.48. The standard InChI is InChI=1S/C9H16O2/c1-3-5-6-8(4-2)7-9(10)11/h5-6,8H,3-4,7H2,1-2H3,(H,10,11)/t8-/m0/s1. The first kappa shape index (κ1) is 10.2. The summed E-state index contributed by atoms with van der Waals surface area (Å²) in [5.74, 6) is -0.495. The van der Waals surface area contributed by atoms with Gasteiger partial charge in [0.2, 0.25) is 0 Å². The lowest BCUT2D eigenvalue weighted by molar-refractivity contribution is -0.137. The molecule has 0 spiro atoms. The normalized spacial score (nSPS) is 13.6. The van der Waals surface area contributed by atoms with Crippen LogP contribution in [0.5, 0.6) is 0 Å². The lowest BCUT2D eigenvalue weighted by atomic mass is 10.0. The van der Waals surface area contributed by atoms with Crippen molar-refractivity contribution in [3.05, 3.63) is 12.2 Å². The van der Waals surface area contributed by atoms with Crippen molar-refractivity contribution in [1.29, 1.82) is 0 Å². The minimum absolute atomic E-state index is 0.215. The van der Waals surface area contributed by atoms with Gasteiger partial charge in [-0.1, -0.05) is 26.0 Å². The van der Waals surface area contributed by atoms with Crippen LogP contribution in [0.2, 0.25) is 0 Å². The first-order valence-electron chi connectivity index (χ1n) is 4.09. The van der Waals surface area contributed by atoms with Crippen molar-refractivity contribution >= 4 is 5.97 Å². The van der Waals surface area contributed by atoms with E-state index in [1.165, 1.54) is 0 Å². The molecule has 0 aliphatic heterocycles. The molecule has 0 aliphatic rings. The molecule has 1 N–H and O–H groups in total. The molecule has 0 heterocycles. The van der Waals surface area contributed by atoms with Crippen molar-refractivity contribution in [2.75, 3.05) is 0 Å². The predicted molar refractivity (Wildman–Crippen MR) is 45.5 cm³/mol. The quantitative estimate of drug-likeness (QED) is 0.621. The fourth-order valence-corrected chi connectivity index (χ4v) is 0.901. The van der Waals surface area contributed by atoms with Crippen LogP contribution in [-0.4, -0.2) is 11.1 Å². The number of carbonyl (C=O) groups is 1. The molecule has 0 bridgehead atoms. The smallest absolute Gasteiger partial charge is 0.303 e. The molecule has 0 saturated carbocycles. The van der Waals surface area contributed by atoms with Crippen LogP contribution in [0.15, 0.2) is 12.2 Å². The second-order valence-electron chi connectivity index (χ2n) is 2.60. The van der Waals surface area contributed by atoms with Crippen LogP contribution in [0, 0.1) is 5.92 Å². The van der Waals surface area contributed by atoms with E-state index in [0.717, 1.165) is 12.8 Å². The molecule has 2 nitrogen and oxygen atoms in total. The van der Waals surface area contributed by atoms with Crippen molar-refractivity contribution < 1.29 is 9.90 Å². The summed E-state index contributed by atoms with van der Waals surface area (Å²) < 4.78 is 0. The van der Waals surface area contributed by atoms with Gasteiger partial charge in [-0.25, -0.2) is 0 Å². The minimum Gasteiger partial charge on any atom is -0.481 e. The summed E-state index contributed by atoms with van der Waals surface area (Å²) >= 11 is 0. The molecule has 0 radical (unpaired) electrons. The van der Waals surface area contributed by atoms with Gasteiger partial charge in [-0.05, 0) is 18.8 Å². The minimum atomic E-state index is -0.711. The largest absolute Gasteiger partial charge is 0.481 e. The number of rotatable bonds is 5. The van der Waals surface area contributed by atoms with Crippen molar-refractivity contribution in [3.8, 4) is 0 Å². The Morgan fingerprint density at radius 2 is 2.18 bits per heavy atom. The molecule has 0 unspecified atom stereocenters. The van der Waals surface area contributed by atoms with Crippen molar-refractivity contribution in [2.45, 2.75) is 33.1 Å². The van der Waals surface area contributed by atoms with Gasteiger partial charge in [0.15, 0.2) is 0 Å². The number of hydrogen-bond acceptors (Lipinski definition) is 1. The number of carboxylic acid groups (broad SMARTS) is 1. The first-order chi connectivity index (χ1) is 5.20. The fourth-order valence-electron chi connectivity index (χ4n) is 0.901. The van der Waals surface area contributed by atoms with Gasteiger partial charge in [-0.3, -0.25) is 4.79 Å². The topological polar surface area (TPSA) is 37.3 Å². The SMILES string of the molecule is CCC=C[C@H](CC)CC(=O)O. The Labute approximate surface area is 67.9 Å². The van der Waals surface area contributed by atoms with Crippen molar-refractivity contribution in [3.63, 3.8) is 0 Å². The number of carboxylic acids is 1. The van der Waals surface area contributed by atoms with E-state index in [9.17, 15) is 4.79 Å². The van der Waals surface area contributed by atoms with E-state index in [2.05, 4.69) is 0 Å². The van der Waals surface area contributed by atoms with Gasteiger partial charge in [-0.2, -0.15) is 0 Å². The molecular weight excluding hydrogens is 140 g/mol. The fraction of sp³-hybridized carbons (Fsp3) is 0.667. The van der Waals surface area contributed by atoms with Gasteiger partial charge >= 0.3 is 5.97 Å². The second kappa shape index (κ2) is 5.96. The zero-order valence-corrected chi connectivity index (χ0v) is 7.21. The molecule has 0 saturated heterocycles. The number of hydrogen-bond donors (Lipinski definition) is 1. The van der Waals surface area contributed by atoms with Crippen LogP contribution >= 0.6 is 0 Å². The summed E-state index contributed by atoms with van der Waals surface area (Å²) in [6.07, 6.45) is 6.16. The van der Waals surface area contributed by atoms with Gasteiger partial charge in [0.25, 0.3) is 0 Å². The number of aliphatic carboxylic acids is 1. The Hall–Kier alpha value is -0.790. The zero-order valence-electron chi connectivity index (χ0n) is 7.21. The maximum atomic E-state index is 10.3. The van der Waals surface area contributed by atoms with E-state index in [-0.39, 0.29) is 12.3 Å². The van der Waals surface area contributed by atoms with Gasteiger partial charge in [0.1, 0.15) is 0 Å². The van der Waals surface area contributed by atoms with Crippen LogP contribution in [0.1, 0.15) is 33.1 Å². The molecule has 2 heteroatoms. The van der Waals surface area contributed by atoms with Crippen LogP contribution < -0.4 is 0 Å². The Balaban J connectivity index is 3.75. The van der Waals surface area contributed by atoms with E-state index in [4.69, 9.17) is 5.11 Å². The summed E-state index contributed by atoms with van der Waals surface area (Å²) in [6, 6.07) is 0. The predicted octanol–water partition coefficient (Wildman–Crippen LogP) is 2.45. The van der Waals surface area contributed by atoms with E-state index in [1.807, 2.05) is 26.0 Å². The third-order valence-electron chi connectivity index (χ3n) is 1.61. The maximum absolute atomic E-state index is 10.3. The summed E-state index contributed by atoms with van der Waals surface area (Å²) in [5.41, 5.74) is 0. The highest BCUT2D eigenvalue weighted by atomic mass is 16.4. The highest BCUT2D eigenvalue weighted by molar-refractivity contribution is 5.67. The van der Waals surface area contributed by atoms with Crippen molar-refractivity contribution in [1.82, 2.24) is 0 Å². The Morgan fingerprint density at radius 1 is 1.55 bits per heavy atom. The van der Waals surface area contributed by atoms with Gasteiger partial charge in [-0.15, -0.1) is 0 Å². The van der Waals surface area contributed by atoms with Crippen LogP contribution in [0.4, 0.5) is 0 Å². The lowest BCUT2D eigenvalue weighted by Crippen LogP contribution is -2.03. The Kier molecular flexibility index (Phi) is 5.53. The molecule has 0 aromatic carbocycles. The Morgan fingerprint density at radius 3 is 2.55 bits per heavy atom. The summed E-state index contributed by atoms with van der Waals surface area (Å²) in [6.45, 7) is 4.05. The molecule has 0 aromatic rings. The van der Waals surface area contributed by atoms with Crippen molar-refractivity contribution in [2.24, 2.45) is 5.92 Å². The monoisotopic (exact) mass is 156 g/mol. The molecule has 0 amide bonds. The van der Waals surface area contributed by atoms with E-state index in [1.54, 1.807) is 0 Å².